The van der Waals surface area contributed by atoms with Crippen LogP contribution in [0.25, 0.3) is 5.69 Å². The molecule has 0 atom stereocenters. The molecule has 0 bridgehead atoms. The van der Waals surface area contributed by atoms with E-state index in [1.165, 1.54) is 6.33 Å². The van der Waals surface area contributed by atoms with Crippen molar-refractivity contribution in [2.75, 3.05) is 0 Å². The first-order chi connectivity index (χ1) is 6.79. The van der Waals surface area contributed by atoms with Crippen molar-refractivity contribution < 1.29 is 0 Å². The second-order valence-electron chi connectivity index (χ2n) is 2.72. The van der Waals surface area contributed by atoms with Crippen molar-refractivity contribution in [1.82, 2.24) is 14.8 Å². The third-order valence-corrected chi connectivity index (χ3v) is 2.05. The van der Waals surface area contributed by atoms with Gasteiger partial charge in [-0.15, -0.1) is 0 Å². The standard InChI is InChI=1S/C9H8N4S/c10-9(14)7-3-1-2-4-8(7)13-6-11-5-12-13/h1-6H,(H2,10,14). The molecule has 0 amide bonds. The van der Waals surface area contributed by atoms with Crippen LogP contribution in [0.15, 0.2) is 36.9 Å². The Morgan fingerprint density at radius 3 is 2.79 bits per heavy atom. The molecule has 0 spiro atoms. The molecule has 0 fully saturated rings. The molecular formula is C9H8N4S. The van der Waals surface area contributed by atoms with Crippen LogP contribution in [0.4, 0.5) is 0 Å². The second-order valence-corrected chi connectivity index (χ2v) is 3.16. The lowest BCUT2D eigenvalue weighted by atomic mass is 10.2. The summed E-state index contributed by atoms with van der Waals surface area (Å²) < 4.78 is 1.63. The Labute approximate surface area is 86.4 Å². The molecule has 14 heavy (non-hydrogen) atoms. The Kier molecular flexibility index (Phi) is 2.24. The van der Waals surface area contributed by atoms with Gasteiger partial charge in [0.1, 0.15) is 17.6 Å². The molecule has 0 radical (unpaired) electrons. The van der Waals surface area contributed by atoms with Crippen LogP contribution in [0, 0.1) is 0 Å². The molecule has 5 heteroatoms. The van der Waals surface area contributed by atoms with Gasteiger partial charge in [0, 0.05) is 5.56 Å². The van der Waals surface area contributed by atoms with E-state index in [0.29, 0.717) is 4.99 Å². The zero-order valence-corrected chi connectivity index (χ0v) is 8.11. The lowest BCUT2D eigenvalue weighted by Gasteiger charge is -2.06. The van der Waals surface area contributed by atoms with Gasteiger partial charge in [0.15, 0.2) is 0 Å². The van der Waals surface area contributed by atoms with Crippen LogP contribution >= 0.6 is 12.2 Å². The first-order valence-corrected chi connectivity index (χ1v) is 4.43. The van der Waals surface area contributed by atoms with Gasteiger partial charge < -0.3 is 5.73 Å². The molecule has 2 aromatic rings. The highest BCUT2D eigenvalue weighted by Crippen LogP contribution is 2.12. The summed E-state index contributed by atoms with van der Waals surface area (Å²) in [6.07, 6.45) is 3.08. The molecule has 1 aromatic heterocycles. The number of hydrogen-bond acceptors (Lipinski definition) is 3. The molecule has 1 heterocycles. The minimum Gasteiger partial charge on any atom is -0.389 e. The largest absolute Gasteiger partial charge is 0.389 e. The van der Waals surface area contributed by atoms with Gasteiger partial charge in [-0.2, -0.15) is 5.10 Å². The Balaban J connectivity index is 2.58. The van der Waals surface area contributed by atoms with E-state index in [1.54, 1.807) is 11.0 Å². The summed E-state index contributed by atoms with van der Waals surface area (Å²) in [5.74, 6) is 0. The molecule has 0 unspecified atom stereocenters. The van der Waals surface area contributed by atoms with Crippen LogP contribution in [0.1, 0.15) is 5.56 Å². The third kappa shape index (κ3) is 1.49. The number of para-hydroxylation sites is 1. The number of rotatable bonds is 2. The third-order valence-electron chi connectivity index (χ3n) is 1.84. The average molecular weight is 204 g/mol. The molecular weight excluding hydrogens is 196 g/mol. The minimum atomic E-state index is 0.358. The van der Waals surface area contributed by atoms with E-state index in [4.69, 9.17) is 18.0 Å². The fraction of sp³-hybridized carbons (Fsp3) is 0. The summed E-state index contributed by atoms with van der Waals surface area (Å²) in [5.41, 5.74) is 7.23. The number of nitrogens with zero attached hydrogens (tertiary/aromatic N) is 3. The number of nitrogens with two attached hydrogens (primary N) is 1. The Hall–Kier alpha value is -1.75. The van der Waals surface area contributed by atoms with Crippen molar-refractivity contribution in [3.8, 4) is 5.69 Å². The van der Waals surface area contributed by atoms with Crippen LogP contribution in [0.2, 0.25) is 0 Å². The van der Waals surface area contributed by atoms with Crippen molar-refractivity contribution in [2.45, 2.75) is 0 Å². The highest BCUT2D eigenvalue weighted by Gasteiger charge is 2.05. The van der Waals surface area contributed by atoms with E-state index in [9.17, 15) is 0 Å². The molecule has 0 aliphatic heterocycles. The van der Waals surface area contributed by atoms with Crippen LogP contribution < -0.4 is 5.73 Å². The van der Waals surface area contributed by atoms with Crippen molar-refractivity contribution in [2.24, 2.45) is 5.73 Å². The predicted octanol–water partition coefficient (Wildman–Crippen LogP) is 0.901. The molecule has 70 valence electrons. The SMILES string of the molecule is NC(=S)c1ccccc1-n1cncn1. The molecule has 2 N–H and O–H groups in total. The maximum Gasteiger partial charge on any atom is 0.138 e. The molecule has 4 nitrogen and oxygen atoms in total. The highest BCUT2D eigenvalue weighted by atomic mass is 32.1. The maximum atomic E-state index is 5.59. The van der Waals surface area contributed by atoms with E-state index in [2.05, 4.69) is 10.1 Å². The first kappa shape index (κ1) is 8.83. The lowest BCUT2D eigenvalue weighted by Crippen LogP contribution is -2.13. The smallest absolute Gasteiger partial charge is 0.138 e. The number of hydrogen-bond donors (Lipinski definition) is 1. The Bertz CT molecular complexity index is 450. The quantitative estimate of drug-likeness (QED) is 0.738. The van der Waals surface area contributed by atoms with Gasteiger partial charge in [-0.1, -0.05) is 24.4 Å². The maximum absolute atomic E-state index is 5.59. The fourth-order valence-electron chi connectivity index (χ4n) is 1.21. The van der Waals surface area contributed by atoms with Crippen LogP contribution in [0.5, 0.6) is 0 Å². The minimum absolute atomic E-state index is 0.358. The second kappa shape index (κ2) is 3.55. The summed E-state index contributed by atoms with van der Waals surface area (Å²) in [6.45, 7) is 0. The van der Waals surface area contributed by atoms with Gasteiger partial charge in [0.2, 0.25) is 0 Å². The van der Waals surface area contributed by atoms with Crippen molar-refractivity contribution in [1.29, 1.82) is 0 Å². The van der Waals surface area contributed by atoms with E-state index < -0.39 is 0 Å². The van der Waals surface area contributed by atoms with Gasteiger partial charge in [-0.3, -0.25) is 0 Å². The van der Waals surface area contributed by atoms with Crippen LogP contribution in [-0.2, 0) is 0 Å². The summed E-state index contributed by atoms with van der Waals surface area (Å²) in [4.78, 5) is 4.22. The Morgan fingerprint density at radius 1 is 1.36 bits per heavy atom. The van der Waals surface area contributed by atoms with Crippen molar-refractivity contribution in [3.63, 3.8) is 0 Å². The number of thiocarbonyl (C=S) groups is 1. The molecule has 2 rings (SSSR count). The van der Waals surface area contributed by atoms with Crippen LogP contribution in [-0.4, -0.2) is 19.8 Å². The van der Waals surface area contributed by atoms with Gasteiger partial charge in [0.25, 0.3) is 0 Å². The molecule has 0 aliphatic carbocycles. The summed E-state index contributed by atoms with van der Waals surface area (Å²) >= 11 is 4.94. The molecule has 0 aliphatic rings. The highest BCUT2D eigenvalue weighted by molar-refractivity contribution is 7.80. The molecule has 1 aromatic carbocycles. The fourth-order valence-corrected chi connectivity index (χ4v) is 1.39. The summed E-state index contributed by atoms with van der Waals surface area (Å²) in [5, 5.41) is 4.02. The first-order valence-electron chi connectivity index (χ1n) is 4.03. The number of benzene rings is 1. The summed E-state index contributed by atoms with van der Waals surface area (Å²) in [7, 11) is 0. The average Bonchev–Trinajstić information content (AvgIpc) is 2.70. The number of aromatic nitrogens is 3. The summed E-state index contributed by atoms with van der Waals surface area (Å²) in [6, 6.07) is 7.54. The Morgan fingerprint density at radius 2 is 2.14 bits per heavy atom. The molecule has 0 saturated carbocycles. The lowest BCUT2D eigenvalue weighted by molar-refractivity contribution is 0.877. The normalized spacial score (nSPS) is 10.0. The van der Waals surface area contributed by atoms with Gasteiger partial charge in [-0.05, 0) is 12.1 Å². The predicted molar refractivity (Wildman–Crippen MR) is 57.2 cm³/mol. The van der Waals surface area contributed by atoms with Gasteiger partial charge >= 0.3 is 0 Å². The van der Waals surface area contributed by atoms with Crippen molar-refractivity contribution in [3.05, 3.63) is 42.5 Å². The monoisotopic (exact) mass is 204 g/mol. The van der Waals surface area contributed by atoms with Crippen LogP contribution in [0.3, 0.4) is 0 Å². The van der Waals surface area contributed by atoms with Gasteiger partial charge in [-0.25, -0.2) is 9.67 Å². The van der Waals surface area contributed by atoms with E-state index in [1.807, 2.05) is 24.3 Å². The topological polar surface area (TPSA) is 56.7 Å². The van der Waals surface area contributed by atoms with Crippen molar-refractivity contribution >= 4 is 17.2 Å². The van der Waals surface area contributed by atoms with E-state index >= 15 is 0 Å². The molecule has 0 saturated heterocycles. The van der Waals surface area contributed by atoms with E-state index in [0.717, 1.165) is 11.3 Å². The zero-order valence-electron chi connectivity index (χ0n) is 7.29. The van der Waals surface area contributed by atoms with Gasteiger partial charge in [0.05, 0.1) is 5.69 Å². The van der Waals surface area contributed by atoms with E-state index in [-0.39, 0.29) is 0 Å². The zero-order chi connectivity index (χ0) is 9.97.